The molecule has 0 atom stereocenters. The van der Waals surface area contributed by atoms with Gasteiger partial charge in [-0.3, -0.25) is 9.59 Å². The highest BCUT2D eigenvalue weighted by molar-refractivity contribution is 6.18. The lowest BCUT2D eigenvalue weighted by atomic mass is 10.1. The van der Waals surface area contributed by atoms with E-state index in [1.54, 1.807) is 12.2 Å². The molecule has 17 heavy (non-hydrogen) atoms. The van der Waals surface area contributed by atoms with Crippen molar-refractivity contribution in [3.05, 3.63) is 47.3 Å². The number of ketones is 2. The number of Topliss-reactive ketones (excluding diaryl/α,β-unsaturated/α-hetero) is 2. The molecule has 0 bridgehead atoms. The van der Waals surface area contributed by atoms with Gasteiger partial charge in [0.1, 0.15) is 0 Å². The molecule has 0 radical (unpaired) electrons. The zero-order chi connectivity index (χ0) is 13.0. The SMILES string of the molecule is CC(=O)C(=CC=C1C=CC=C(C)N1C)C(C)=O. The van der Waals surface area contributed by atoms with Gasteiger partial charge in [-0.2, -0.15) is 0 Å². The Balaban J connectivity index is 3.01. The summed E-state index contributed by atoms with van der Waals surface area (Å²) in [7, 11) is 1.94. The maximum atomic E-state index is 11.2. The summed E-state index contributed by atoms with van der Waals surface area (Å²) < 4.78 is 0. The van der Waals surface area contributed by atoms with Crippen LogP contribution in [0.1, 0.15) is 20.8 Å². The van der Waals surface area contributed by atoms with Crippen LogP contribution in [-0.4, -0.2) is 23.5 Å². The van der Waals surface area contributed by atoms with Crippen LogP contribution in [0.2, 0.25) is 0 Å². The van der Waals surface area contributed by atoms with E-state index in [1.807, 2.05) is 37.1 Å². The second kappa shape index (κ2) is 5.43. The molecule has 0 spiro atoms. The van der Waals surface area contributed by atoms with Gasteiger partial charge in [-0.05, 0) is 45.1 Å². The molecule has 0 aliphatic carbocycles. The van der Waals surface area contributed by atoms with Gasteiger partial charge in [-0.15, -0.1) is 0 Å². The molecule has 0 unspecified atom stereocenters. The summed E-state index contributed by atoms with van der Waals surface area (Å²) in [4.78, 5) is 24.5. The van der Waals surface area contributed by atoms with Crippen LogP contribution in [0.25, 0.3) is 0 Å². The number of carbonyl (C=O) groups is 2. The Labute approximate surface area is 102 Å². The third-order valence-corrected chi connectivity index (χ3v) is 2.70. The van der Waals surface area contributed by atoms with Crippen molar-refractivity contribution in [3.8, 4) is 0 Å². The van der Waals surface area contributed by atoms with E-state index in [2.05, 4.69) is 0 Å². The molecule has 1 heterocycles. The Morgan fingerprint density at radius 2 is 1.82 bits per heavy atom. The normalized spacial score (nSPS) is 16.8. The van der Waals surface area contributed by atoms with E-state index in [-0.39, 0.29) is 17.1 Å². The number of hydrogen-bond donors (Lipinski definition) is 0. The third-order valence-electron chi connectivity index (χ3n) is 2.70. The van der Waals surface area contributed by atoms with Crippen molar-refractivity contribution >= 4 is 11.6 Å². The molecule has 0 fully saturated rings. The van der Waals surface area contributed by atoms with Crippen molar-refractivity contribution in [2.45, 2.75) is 20.8 Å². The quantitative estimate of drug-likeness (QED) is 0.425. The number of hydrogen-bond acceptors (Lipinski definition) is 3. The highest BCUT2D eigenvalue weighted by Crippen LogP contribution is 2.16. The first-order valence-electron chi connectivity index (χ1n) is 5.46. The Bertz CT molecular complexity index is 449. The van der Waals surface area contributed by atoms with Gasteiger partial charge < -0.3 is 4.90 Å². The highest BCUT2D eigenvalue weighted by Gasteiger charge is 2.09. The van der Waals surface area contributed by atoms with Crippen LogP contribution in [-0.2, 0) is 9.59 Å². The lowest BCUT2D eigenvalue weighted by Crippen LogP contribution is -2.16. The van der Waals surface area contributed by atoms with Gasteiger partial charge >= 0.3 is 0 Å². The number of rotatable bonds is 3. The smallest absolute Gasteiger partial charge is 0.163 e. The van der Waals surface area contributed by atoms with Crippen LogP contribution in [0, 0.1) is 0 Å². The van der Waals surface area contributed by atoms with E-state index in [4.69, 9.17) is 0 Å². The Morgan fingerprint density at radius 3 is 2.35 bits per heavy atom. The number of nitrogens with zero attached hydrogens (tertiary/aromatic N) is 1. The zero-order valence-corrected chi connectivity index (χ0v) is 10.7. The molecule has 0 saturated heterocycles. The minimum atomic E-state index is -0.205. The summed E-state index contributed by atoms with van der Waals surface area (Å²) in [6, 6.07) is 0. The van der Waals surface area contributed by atoms with Crippen molar-refractivity contribution in [3.63, 3.8) is 0 Å². The minimum Gasteiger partial charge on any atom is -0.348 e. The van der Waals surface area contributed by atoms with E-state index in [9.17, 15) is 9.59 Å². The monoisotopic (exact) mass is 231 g/mol. The summed E-state index contributed by atoms with van der Waals surface area (Å²) in [6.45, 7) is 4.80. The average Bonchev–Trinajstić information content (AvgIpc) is 2.23. The summed E-state index contributed by atoms with van der Waals surface area (Å²) in [5, 5.41) is 0. The summed E-state index contributed by atoms with van der Waals surface area (Å²) in [6.07, 6.45) is 9.24. The van der Waals surface area contributed by atoms with Gasteiger partial charge in [0, 0.05) is 18.4 Å². The summed E-state index contributed by atoms with van der Waals surface area (Å²) >= 11 is 0. The second-order valence-corrected chi connectivity index (χ2v) is 4.01. The molecule has 3 heteroatoms. The van der Waals surface area contributed by atoms with Crippen molar-refractivity contribution < 1.29 is 9.59 Å². The summed E-state index contributed by atoms with van der Waals surface area (Å²) in [5.74, 6) is -0.409. The van der Waals surface area contributed by atoms with Crippen LogP contribution in [0.5, 0.6) is 0 Å². The number of carbonyl (C=O) groups excluding carboxylic acids is 2. The Hall–Kier alpha value is -1.90. The molecular weight excluding hydrogens is 214 g/mol. The number of likely N-dealkylation sites (N-methyl/N-ethyl adjacent to an activating group) is 1. The molecule has 1 rings (SSSR count). The van der Waals surface area contributed by atoms with Gasteiger partial charge in [0.15, 0.2) is 11.6 Å². The maximum absolute atomic E-state index is 11.2. The first-order chi connectivity index (χ1) is 7.93. The van der Waals surface area contributed by atoms with Gasteiger partial charge in [-0.1, -0.05) is 6.08 Å². The van der Waals surface area contributed by atoms with Gasteiger partial charge in [0.05, 0.1) is 5.57 Å². The van der Waals surface area contributed by atoms with Crippen molar-refractivity contribution in [1.82, 2.24) is 4.90 Å². The van der Waals surface area contributed by atoms with E-state index in [1.165, 1.54) is 13.8 Å². The van der Waals surface area contributed by atoms with E-state index in [0.29, 0.717) is 0 Å². The van der Waals surface area contributed by atoms with Crippen molar-refractivity contribution in [1.29, 1.82) is 0 Å². The van der Waals surface area contributed by atoms with Crippen LogP contribution in [0.3, 0.4) is 0 Å². The zero-order valence-electron chi connectivity index (χ0n) is 10.7. The molecule has 0 amide bonds. The fourth-order valence-corrected chi connectivity index (χ4v) is 1.53. The largest absolute Gasteiger partial charge is 0.348 e. The molecule has 0 aromatic carbocycles. The van der Waals surface area contributed by atoms with E-state index >= 15 is 0 Å². The molecule has 0 aromatic heterocycles. The van der Waals surface area contributed by atoms with E-state index < -0.39 is 0 Å². The lowest BCUT2D eigenvalue weighted by molar-refractivity contribution is -0.119. The Kier molecular flexibility index (Phi) is 4.21. The summed E-state index contributed by atoms with van der Waals surface area (Å²) in [5.41, 5.74) is 2.29. The van der Waals surface area contributed by atoms with Crippen molar-refractivity contribution in [2.75, 3.05) is 7.05 Å². The highest BCUT2D eigenvalue weighted by atomic mass is 16.1. The lowest BCUT2D eigenvalue weighted by Gasteiger charge is -2.23. The molecule has 0 saturated carbocycles. The van der Waals surface area contributed by atoms with Gasteiger partial charge in [-0.25, -0.2) is 0 Å². The molecule has 0 aromatic rings. The second-order valence-electron chi connectivity index (χ2n) is 4.01. The van der Waals surface area contributed by atoms with E-state index in [0.717, 1.165) is 11.4 Å². The predicted octanol–water partition coefficient (Wildman–Crippen LogP) is 2.38. The maximum Gasteiger partial charge on any atom is 0.163 e. The standard InChI is InChI=1S/C14H17NO2/c1-10-6-5-7-13(15(10)4)8-9-14(11(2)16)12(3)17/h5-9H,1-4H3. The molecule has 90 valence electrons. The Morgan fingerprint density at radius 1 is 1.24 bits per heavy atom. The number of allylic oxidation sites excluding steroid dienone is 7. The van der Waals surface area contributed by atoms with Gasteiger partial charge in [0.25, 0.3) is 0 Å². The average molecular weight is 231 g/mol. The molecular formula is C14H17NO2. The predicted molar refractivity (Wildman–Crippen MR) is 68.2 cm³/mol. The van der Waals surface area contributed by atoms with Gasteiger partial charge in [0.2, 0.25) is 0 Å². The topological polar surface area (TPSA) is 37.4 Å². The minimum absolute atomic E-state index is 0.205. The van der Waals surface area contributed by atoms with Crippen LogP contribution >= 0.6 is 0 Å². The molecule has 0 N–H and O–H groups in total. The molecule has 1 aliphatic rings. The fraction of sp³-hybridized carbons (Fsp3) is 0.286. The molecule has 3 nitrogen and oxygen atoms in total. The van der Waals surface area contributed by atoms with Crippen LogP contribution in [0.4, 0.5) is 0 Å². The van der Waals surface area contributed by atoms with Crippen LogP contribution in [0.15, 0.2) is 47.3 Å². The fourth-order valence-electron chi connectivity index (χ4n) is 1.53. The van der Waals surface area contributed by atoms with Crippen molar-refractivity contribution in [2.24, 2.45) is 0 Å². The third kappa shape index (κ3) is 3.28. The first kappa shape index (κ1) is 13.2. The van der Waals surface area contributed by atoms with Crippen LogP contribution < -0.4 is 0 Å². The molecule has 1 aliphatic heterocycles. The first-order valence-corrected chi connectivity index (χ1v) is 5.46.